The van der Waals surface area contributed by atoms with Crippen LogP contribution in [0.4, 0.5) is 0 Å². The number of methoxy groups -OCH3 is 1. The van der Waals surface area contributed by atoms with E-state index in [1.54, 1.807) is 7.11 Å². The van der Waals surface area contributed by atoms with Crippen LogP contribution < -0.4 is 15.1 Å². The van der Waals surface area contributed by atoms with Gasteiger partial charge in [-0.1, -0.05) is 106 Å². The number of ether oxygens (including phenoxy) is 5. The van der Waals surface area contributed by atoms with Gasteiger partial charge in [0.15, 0.2) is 6.29 Å². The molecule has 1 aliphatic heterocycles. The fourth-order valence-corrected chi connectivity index (χ4v) is 10.6. The molecule has 1 aliphatic rings. The van der Waals surface area contributed by atoms with Crippen LogP contribution >= 0.6 is 0 Å². The molecule has 0 bridgehead atoms. The molecule has 44 heavy (non-hydrogen) atoms. The summed E-state index contributed by atoms with van der Waals surface area (Å²) in [5.41, 5.74) is 1.98. The molecule has 0 aromatic heterocycles. The van der Waals surface area contributed by atoms with Crippen molar-refractivity contribution in [1.82, 2.24) is 0 Å². The summed E-state index contributed by atoms with van der Waals surface area (Å²) in [6, 6.07) is 29.3. The molecule has 3 atom stereocenters. The van der Waals surface area contributed by atoms with Crippen LogP contribution in [0.25, 0.3) is 0 Å². The summed E-state index contributed by atoms with van der Waals surface area (Å²) in [6.45, 7) is 15.4. The Bertz CT molecular complexity index is 1210. The maximum atomic E-state index is 7.34. The molecule has 0 N–H and O–H groups in total. The van der Waals surface area contributed by atoms with Crippen molar-refractivity contribution in [2.75, 3.05) is 33.7 Å². The minimum Gasteiger partial charge on any atom is -0.497 e. The van der Waals surface area contributed by atoms with Crippen molar-refractivity contribution in [2.45, 2.75) is 71.0 Å². The van der Waals surface area contributed by atoms with Crippen LogP contribution in [0, 0.1) is 5.92 Å². The second-order valence-electron chi connectivity index (χ2n) is 12.6. The maximum Gasteiger partial charge on any atom is 0.261 e. The molecule has 0 radical (unpaired) electrons. The number of benzene rings is 3. The van der Waals surface area contributed by atoms with E-state index in [4.69, 9.17) is 28.1 Å². The zero-order valence-corrected chi connectivity index (χ0v) is 28.1. The molecular formula is C37H50O6Si. The molecule has 0 spiro atoms. The lowest BCUT2D eigenvalue weighted by Crippen LogP contribution is -2.67. The average molecular weight is 619 g/mol. The molecule has 3 aromatic carbocycles. The number of hydrogen-bond acceptors (Lipinski definition) is 6. The van der Waals surface area contributed by atoms with Gasteiger partial charge in [0.25, 0.3) is 8.32 Å². The van der Waals surface area contributed by atoms with Crippen molar-refractivity contribution in [3.05, 3.63) is 103 Å². The molecule has 238 valence electrons. The Balaban J connectivity index is 1.55. The van der Waals surface area contributed by atoms with E-state index in [1.807, 2.05) is 31.2 Å². The fourth-order valence-electron chi connectivity index (χ4n) is 5.97. The Kier molecular flexibility index (Phi) is 12.8. The minimum absolute atomic E-state index is 0.121. The van der Waals surface area contributed by atoms with Gasteiger partial charge in [0, 0.05) is 19.1 Å². The molecule has 3 aromatic rings. The van der Waals surface area contributed by atoms with E-state index in [0.717, 1.165) is 36.1 Å². The molecule has 0 saturated carbocycles. The third-order valence-corrected chi connectivity index (χ3v) is 13.2. The topological polar surface area (TPSA) is 55.4 Å². The van der Waals surface area contributed by atoms with E-state index >= 15 is 0 Å². The van der Waals surface area contributed by atoms with Gasteiger partial charge >= 0.3 is 0 Å². The van der Waals surface area contributed by atoms with Crippen molar-refractivity contribution < 1.29 is 28.1 Å². The number of hydrogen-bond donors (Lipinski definition) is 0. The fraction of sp³-hybridized carbons (Fsp3) is 0.459. The van der Waals surface area contributed by atoms with Crippen LogP contribution in [0.15, 0.2) is 97.1 Å². The van der Waals surface area contributed by atoms with Crippen molar-refractivity contribution >= 4 is 18.7 Å². The summed E-state index contributed by atoms with van der Waals surface area (Å²) in [7, 11) is -1.10. The van der Waals surface area contributed by atoms with Gasteiger partial charge in [-0.05, 0) is 59.3 Å². The molecule has 1 fully saturated rings. The normalized spacial score (nSPS) is 17.2. The highest BCUT2D eigenvalue weighted by atomic mass is 28.4. The van der Waals surface area contributed by atoms with E-state index in [-0.39, 0.29) is 30.1 Å². The Morgan fingerprint density at radius 3 is 2.05 bits per heavy atom. The van der Waals surface area contributed by atoms with Crippen LogP contribution in [0.2, 0.25) is 5.04 Å². The Morgan fingerprint density at radius 2 is 1.52 bits per heavy atom. The standard InChI is InChI=1S/C37H50O6Si/c1-29(2)36(43-35-19-13-14-24-41-35)31(26-40-28-39-25-30-20-22-32(38-6)23-21-30)27-42-44(37(3,4)5,33-15-9-7-10-16-33)34-17-11-8-12-18-34/h7-12,15-18,20-23,31,35-36H,1,13-14,19,24-28H2,2-6H3/t31-,35?,36+/m1/s1. The van der Waals surface area contributed by atoms with Gasteiger partial charge in [0.1, 0.15) is 12.5 Å². The summed E-state index contributed by atoms with van der Waals surface area (Å²) in [5, 5.41) is 2.34. The first-order valence-electron chi connectivity index (χ1n) is 15.7. The van der Waals surface area contributed by atoms with Crippen LogP contribution in [-0.2, 0) is 30.0 Å². The third kappa shape index (κ3) is 8.90. The molecule has 0 amide bonds. The van der Waals surface area contributed by atoms with Crippen LogP contribution in [0.5, 0.6) is 5.75 Å². The SMILES string of the molecule is C=C(C)[C@H](OC1CCCCO1)[C@H](COCOCc1ccc(OC)cc1)CO[Si](c1ccccc1)(c1ccccc1)C(C)(C)C. The largest absolute Gasteiger partial charge is 0.497 e. The van der Waals surface area contributed by atoms with Crippen molar-refractivity contribution in [3.8, 4) is 5.75 Å². The highest BCUT2D eigenvalue weighted by molar-refractivity contribution is 6.99. The zero-order chi connectivity index (χ0) is 31.4. The van der Waals surface area contributed by atoms with Gasteiger partial charge in [-0.3, -0.25) is 0 Å². The second-order valence-corrected chi connectivity index (χ2v) is 16.9. The predicted molar refractivity (Wildman–Crippen MR) is 179 cm³/mol. The van der Waals surface area contributed by atoms with E-state index < -0.39 is 8.32 Å². The highest BCUT2D eigenvalue weighted by Gasteiger charge is 2.50. The molecule has 4 rings (SSSR count). The Hall–Kier alpha value is -2.78. The smallest absolute Gasteiger partial charge is 0.261 e. The van der Waals surface area contributed by atoms with E-state index in [0.29, 0.717) is 26.4 Å². The quantitative estimate of drug-likeness (QED) is 0.0756. The second kappa shape index (κ2) is 16.5. The lowest BCUT2D eigenvalue weighted by atomic mass is 9.98. The van der Waals surface area contributed by atoms with Gasteiger partial charge < -0.3 is 28.1 Å². The van der Waals surface area contributed by atoms with E-state index in [9.17, 15) is 0 Å². The third-order valence-electron chi connectivity index (χ3n) is 8.21. The monoisotopic (exact) mass is 618 g/mol. The molecule has 6 nitrogen and oxygen atoms in total. The van der Waals surface area contributed by atoms with Crippen molar-refractivity contribution in [2.24, 2.45) is 5.92 Å². The summed E-state index contributed by atoms with van der Waals surface area (Å²) in [5.74, 6) is 0.700. The van der Waals surface area contributed by atoms with Crippen LogP contribution in [0.3, 0.4) is 0 Å². The first-order chi connectivity index (χ1) is 21.2. The van der Waals surface area contributed by atoms with Gasteiger partial charge in [-0.15, -0.1) is 0 Å². The summed E-state index contributed by atoms with van der Waals surface area (Å²) >= 11 is 0. The molecule has 0 aliphatic carbocycles. The lowest BCUT2D eigenvalue weighted by Gasteiger charge is -2.44. The van der Waals surface area contributed by atoms with Gasteiger partial charge in [-0.25, -0.2) is 0 Å². The van der Waals surface area contributed by atoms with E-state index in [2.05, 4.69) is 88.0 Å². The Labute approximate surface area is 265 Å². The van der Waals surface area contributed by atoms with Crippen LogP contribution in [-0.4, -0.2) is 54.4 Å². The summed E-state index contributed by atoms with van der Waals surface area (Å²) in [4.78, 5) is 0. The maximum absolute atomic E-state index is 7.34. The first-order valence-corrected chi connectivity index (χ1v) is 17.6. The molecule has 1 heterocycles. The molecular weight excluding hydrogens is 568 g/mol. The predicted octanol–water partition coefficient (Wildman–Crippen LogP) is 6.87. The molecule has 7 heteroatoms. The minimum atomic E-state index is -2.76. The number of rotatable bonds is 16. The zero-order valence-electron chi connectivity index (χ0n) is 27.1. The van der Waals surface area contributed by atoms with Crippen LogP contribution in [0.1, 0.15) is 52.5 Å². The summed E-state index contributed by atoms with van der Waals surface area (Å²) in [6.07, 6.45) is 2.47. The van der Waals surface area contributed by atoms with Gasteiger partial charge in [0.2, 0.25) is 0 Å². The van der Waals surface area contributed by atoms with Gasteiger partial charge in [0.05, 0.1) is 26.4 Å². The highest BCUT2D eigenvalue weighted by Crippen LogP contribution is 2.37. The molecule has 1 unspecified atom stereocenters. The van der Waals surface area contributed by atoms with E-state index in [1.165, 1.54) is 10.4 Å². The van der Waals surface area contributed by atoms with Crippen molar-refractivity contribution in [1.29, 1.82) is 0 Å². The average Bonchev–Trinajstić information content (AvgIpc) is 3.04. The lowest BCUT2D eigenvalue weighted by molar-refractivity contribution is -0.198. The van der Waals surface area contributed by atoms with Gasteiger partial charge in [-0.2, -0.15) is 0 Å². The molecule has 1 saturated heterocycles. The Morgan fingerprint density at radius 1 is 0.886 bits per heavy atom. The van der Waals surface area contributed by atoms with Crippen molar-refractivity contribution in [3.63, 3.8) is 0 Å². The summed E-state index contributed by atoms with van der Waals surface area (Å²) < 4.78 is 37.3. The first kappa shape index (κ1) is 34.1.